The van der Waals surface area contributed by atoms with Gasteiger partial charge in [-0.2, -0.15) is 13.2 Å². The number of hydrogen-bond donors (Lipinski definition) is 2. The molecule has 1 aromatic rings. The summed E-state index contributed by atoms with van der Waals surface area (Å²) in [6, 6.07) is 3.63. The van der Waals surface area contributed by atoms with Crippen molar-refractivity contribution in [3.8, 4) is 0 Å². The number of nitrogens with one attached hydrogen (secondary N) is 1. The van der Waals surface area contributed by atoms with E-state index in [-0.39, 0.29) is 11.4 Å². The van der Waals surface area contributed by atoms with Crippen LogP contribution in [0.5, 0.6) is 0 Å². The van der Waals surface area contributed by atoms with E-state index in [9.17, 15) is 13.2 Å². The van der Waals surface area contributed by atoms with Crippen LogP contribution in [0.15, 0.2) is 18.2 Å². The maximum absolute atomic E-state index is 12.6. The summed E-state index contributed by atoms with van der Waals surface area (Å²) in [5.74, 6) is 0. The summed E-state index contributed by atoms with van der Waals surface area (Å²) < 4.78 is 37.7. The second-order valence-electron chi connectivity index (χ2n) is 3.31. The smallest absolute Gasteiger partial charge is 0.399 e. The number of rotatable bonds is 2. The van der Waals surface area contributed by atoms with Crippen LogP contribution in [-0.4, -0.2) is 19.1 Å². The number of nitrogen functional groups attached to an aromatic ring is 1. The van der Waals surface area contributed by atoms with Crippen LogP contribution in [0.1, 0.15) is 5.56 Å². The Bertz CT molecular complexity index is 347. The Morgan fingerprint density at radius 1 is 1.27 bits per heavy atom. The number of nitrogens with two attached hydrogens (primary N) is 1. The fourth-order valence-electron chi connectivity index (χ4n) is 1.13. The average molecular weight is 219 g/mol. The second kappa shape index (κ2) is 3.98. The first-order chi connectivity index (χ1) is 6.80. The molecule has 0 radical (unpaired) electrons. The van der Waals surface area contributed by atoms with E-state index in [1.807, 2.05) is 0 Å². The first-order valence-corrected chi connectivity index (χ1v) is 4.21. The van der Waals surface area contributed by atoms with Gasteiger partial charge in [0.15, 0.2) is 0 Å². The normalized spacial score (nSPS) is 11.9. The fourth-order valence-corrected chi connectivity index (χ4v) is 1.13. The molecule has 0 bridgehead atoms. The summed E-state index contributed by atoms with van der Waals surface area (Å²) in [6.45, 7) is 0. The molecular formula is C9H12F3N3. The Kier molecular flexibility index (Phi) is 3.09. The number of alkyl halides is 3. The van der Waals surface area contributed by atoms with Crippen molar-refractivity contribution in [1.29, 1.82) is 0 Å². The lowest BCUT2D eigenvalue weighted by Gasteiger charge is -2.18. The van der Waals surface area contributed by atoms with Gasteiger partial charge < -0.3 is 11.2 Å². The summed E-state index contributed by atoms with van der Waals surface area (Å²) in [7, 11) is 3.22. The molecule has 1 aromatic carbocycles. The molecule has 3 nitrogen and oxygen atoms in total. The predicted molar refractivity (Wildman–Crippen MR) is 53.2 cm³/mol. The number of hydrogen-bond acceptors (Lipinski definition) is 3. The molecule has 84 valence electrons. The molecule has 0 saturated heterocycles. The molecule has 0 fully saturated rings. The van der Waals surface area contributed by atoms with Crippen LogP contribution in [0.2, 0.25) is 0 Å². The molecule has 0 atom stereocenters. The van der Waals surface area contributed by atoms with Gasteiger partial charge in [-0.15, -0.1) is 0 Å². The van der Waals surface area contributed by atoms with Crippen LogP contribution in [0.25, 0.3) is 0 Å². The minimum atomic E-state index is -4.41. The molecule has 0 aliphatic heterocycles. The molecule has 15 heavy (non-hydrogen) atoms. The van der Waals surface area contributed by atoms with Crippen LogP contribution in [-0.2, 0) is 6.18 Å². The van der Waals surface area contributed by atoms with E-state index < -0.39 is 11.7 Å². The summed E-state index contributed by atoms with van der Waals surface area (Å²) in [5, 5.41) is 1.43. The van der Waals surface area contributed by atoms with Gasteiger partial charge in [0.05, 0.1) is 11.3 Å². The Hall–Kier alpha value is -1.43. The van der Waals surface area contributed by atoms with Gasteiger partial charge in [-0.1, -0.05) is 0 Å². The van der Waals surface area contributed by atoms with Crippen LogP contribution in [0.4, 0.5) is 24.5 Å². The van der Waals surface area contributed by atoms with E-state index in [1.165, 1.54) is 17.1 Å². The highest BCUT2D eigenvalue weighted by molar-refractivity contribution is 5.58. The summed E-state index contributed by atoms with van der Waals surface area (Å²) in [6.07, 6.45) is -4.41. The largest absolute Gasteiger partial charge is 0.418 e. The molecule has 0 unspecified atom stereocenters. The fraction of sp³-hybridized carbons (Fsp3) is 0.333. The zero-order chi connectivity index (χ0) is 11.6. The third-order valence-electron chi connectivity index (χ3n) is 1.69. The van der Waals surface area contributed by atoms with E-state index in [0.717, 1.165) is 6.07 Å². The summed E-state index contributed by atoms with van der Waals surface area (Å²) in [5.41, 5.74) is 7.19. The highest BCUT2D eigenvalue weighted by Gasteiger charge is 2.33. The highest BCUT2D eigenvalue weighted by Crippen LogP contribution is 2.35. The second-order valence-corrected chi connectivity index (χ2v) is 3.31. The van der Waals surface area contributed by atoms with Crippen molar-refractivity contribution in [1.82, 2.24) is 5.01 Å². The maximum atomic E-state index is 12.6. The molecule has 3 N–H and O–H groups in total. The Balaban J connectivity index is 3.15. The minimum absolute atomic E-state index is 0.0123. The highest BCUT2D eigenvalue weighted by atomic mass is 19.4. The molecule has 6 heteroatoms. The Morgan fingerprint density at radius 3 is 2.33 bits per heavy atom. The molecule has 0 amide bonds. The lowest BCUT2D eigenvalue weighted by molar-refractivity contribution is -0.137. The van der Waals surface area contributed by atoms with Crippen LogP contribution in [0, 0.1) is 0 Å². The van der Waals surface area contributed by atoms with Crippen molar-refractivity contribution in [2.45, 2.75) is 6.18 Å². The number of anilines is 2. The van der Waals surface area contributed by atoms with Crippen LogP contribution in [0.3, 0.4) is 0 Å². The minimum Gasteiger partial charge on any atom is -0.399 e. The SMILES string of the molecule is CN(C)Nc1ccc(N)cc1C(F)(F)F. The van der Waals surface area contributed by atoms with Crippen molar-refractivity contribution in [2.24, 2.45) is 0 Å². The van der Waals surface area contributed by atoms with Crippen molar-refractivity contribution >= 4 is 11.4 Å². The molecule has 0 heterocycles. The monoisotopic (exact) mass is 219 g/mol. The molecule has 0 aromatic heterocycles. The number of hydrazine groups is 1. The topological polar surface area (TPSA) is 41.3 Å². The average Bonchev–Trinajstić information content (AvgIpc) is 2.05. The van der Waals surface area contributed by atoms with Gasteiger partial charge in [0.2, 0.25) is 0 Å². The van der Waals surface area contributed by atoms with Crippen molar-refractivity contribution in [2.75, 3.05) is 25.3 Å². The Labute approximate surface area is 85.6 Å². The molecular weight excluding hydrogens is 207 g/mol. The summed E-state index contributed by atoms with van der Waals surface area (Å²) in [4.78, 5) is 0. The predicted octanol–water partition coefficient (Wildman–Crippen LogP) is 2.18. The molecule has 1 rings (SSSR count). The van der Waals surface area contributed by atoms with Gasteiger partial charge in [-0.25, -0.2) is 5.01 Å². The zero-order valence-corrected chi connectivity index (χ0v) is 8.39. The van der Waals surface area contributed by atoms with E-state index in [4.69, 9.17) is 5.73 Å². The molecule has 0 aliphatic carbocycles. The van der Waals surface area contributed by atoms with Crippen LogP contribution >= 0.6 is 0 Å². The molecule has 0 spiro atoms. The Morgan fingerprint density at radius 2 is 1.87 bits per heavy atom. The third kappa shape index (κ3) is 3.02. The van der Waals surface area contributed by atoms with Gasteiger partial charge in [0.25, 0.3) is 0 Å². The molecule has 0 saturated carbocycles. The van der Waals surface area contributed by atoms with Gasteiger partial charge in [-0.3, -0.25) is 0 Å². The third-order valence-corrected chi connectivity index (χ3v) is 1.69. The number of nitrogens with zero attached hydrogens (tertiary/aromatic N) is 1. The first-order valence-electron chi connectivity index (χ1n) is 4.21. The van der Waals surface area contributed by atoms with Crippen molar-refractivity contribution in [3.05, 3.63) is 23.8 Å². The van der Waals surface area contributed by atoms with Gasteiger partial charge >= 0.3 is 6.18 Å². The summed E-state index contributed by atoms with van der Waals surface area (Å²) >= 11 is 0. The first kappa shape index (κ1) is 11.6. The molecule has 0 aliphatic rings. The zero-order valence-electron chi connectivity index (χ0n) is 8.39. The van der Waals surface area contributed by atoms with E-state index in [0.29, 0.717) is 0 Å². The van der Waals surface area contributed by atoms with E-state index in [2.05, 4.69) is 5.43 Å². The van der Waals surface area contributed by atoms with Crippen LogP contribution < -0.4 is 11.2 Å². The quantitative estimate of drug-likeness (QED) is 0.591. The maximum Gasteiger partial charge on any atom is 0.418 e. The van der Waals surface area contributed by atoms with E-state index >= 15 is 0 Å². The number of benzene rings is 1. The van der Waals surface area contributed by atoms with Gasteiger partial charge in [0.1, 0.15) is 0 Å². The number of halogens is 3. The van der Waals surface area contributed by atoms with Crippen molar-refractivity contribution < 1.29 is 13.2 Å². The van der Waals surface area contributed by atoms with Crippen molar-refractivity contribution in [3.63, 3.8) is 0 Å². The van der Waals surface area contributed by atoms with Gasteiger partial charge in [-0.05, 0) is 18.2 Å². The van der Waals surface area contributed by atoms with Gasteiger partial charge in [0, 0.05) is 19.8 Å². The van der Waals surface area contributed by atoms with E-state index in [1.54, 1.807) is 14.1 Å². The lowest BCUT2D eigenvalue weighted by Crippen LogP contribution is -2.22. The standard InChI is InChI=1S/C9H12F3N3/c1-15(2)14-8-4-3-6(13)5-7(8)9(10,11)12/h3-5,14H,13H2,1-2H3. The lowest BCUT2D eigenvalue weighted by atomic mass is 10.1.